The molecule has 2 rings (SSSR count). The third-order valence-electron chi connectivity index (χ3n) is 6.90. The largest absolute Gasteiger partial charge is 0.316 e. The second-order valence-corrected chi connectivity index (χ2v) is 10.2. The first kappa shape index (κ1) is 26.2. The van der Waals surface area contributed by atoms with Crippen LogP contribution in [-0.2, 0) is 5.41 Å². The number of benzene rings is 1. The molecule has 0 radical (unpaired) electrons. The van der Waals surface area contributed by atoms with E-state index in [9.17, 15) is 0 Å². The van der Waals surface area contributed by atoms with Crippen LogP contribution >= 0.6 is 0 Å². The minimum atomic E-state index is 0.207. The van der Waals surface area contributed by atoms with Gasteiger partial charge in [-0.1, -0.05) is 92.0 Å². The summed E-state index contributed by atoms with van der Waals surface area (Å²) in [5.41, 5.74) is 3.66. The third kappa shape index (κ3) is 7.72. The fourth-order valence-electron chi connectivity index (χ4n) is 4.73. The third-order valence-corrected chi connectivity index (χ3v) is 6.90. The summed E-state index contributed by atoms with van der Waals surface area (Å²) in [6.07, 6.45) is 6.95. The zero-order valence-corrected chi connectivity index (χ0v) is 21.1. The van der Waals surface area contributed by atoms with E-state index in [4.69, 9.17) is 0 Å². The van der Waals surface area contributed by atoms with Crippen LogP contribution in [0.3, 0.4) is 0 Å². The summed E-state index contributed by atoms with van der Waals surface area (Å²) in [6.45, 7) is 21.6. The second kappa shape index (κ2) is 12.1. The van der Waals surface area contributed by atoms with E-state index in [-0.39, 0.29) is 5.41 Å². The summed E-state index contributed by atoms with van der Waals surface area (Å²) in [6, 6.07) is 10.0. The number of nitrogens with one attached hydrogen (secondary N) is 1. The maximum absolute atomic E-state index is 3.42. The molecule has 29 heavy (non-hydrogen) atoms. The Morgan fingerprint density at radius 2 is 1.69 bits per heavy atom. The molecular weight excluding hydrogens is 352 g/mol. The monoisotopic (exact) mass is 402 g/mol. The van der Waals surface area contributed by atoms with Crippen LogP contribution in [0.1, 0.15) is 105 Å². The summed E-state index contributed by atoms with van der Waals surface area (Å²) in [5.74, 6) is 0.615. The van der Waals surface area contributed by atoms with Crippen molar-refractivity contribution in [3.8, 4) is 0 Å². The van der Waals surface area contributed by atoms with E-state index in [1.54, 1.807) is 5.56 Å². The summed E-state index contributed by atoms with van der Waals surface area (Å²) in [4.78, 5) is 2.66. The normalized spacial score (nSPS) is 18.7. The predicted octanol–water partition coefficient (Wildman–Crippen LogP) is 6.99. The fraction of sp³-hybridized carbons (Fsp3) is 0.778. The van der Waals surface area contributed by atoms with Gasteiger partial charge >= 0.3 is 0 Å². The molecule has 0 aliphatic heterocycles. The fourth-order valence-corrected chi connectivity index (χ4v) is 4.73. The average Bonchev–Trinajstić information content (AvgIpc) is 2.72. The Labute approximate surface area is 182 Å². The summed E-state index contributed by atoms with van der Waals surface area (Å²) < 4.78 is 0. The molecular formula is C27H50N2. The summed E-state index contributed by atoms with van der Waals surface area (Å²) >= 11 is 0. The molecule has 1 saturated carbocycles. The Morgan fingerprint density at radius 3 is 2.21 bits per heavy atom. The van der Waals surface area contributed by atoms with Crippen molar-refractivity contribution in [1.29, 1.82) is 0 Å². The maximum Gasteiger partial charge on any atom is 0.0163 e. The minimum absolute atomic E-state index is 0.207. The van der Waals surface area contributed by atoms with E-state index in [0.717, 1.165) is 13.1 Å². The van der Waals surface area contributed by atoms with Gasteiger partial charge in [0.05, 0.1) is 0 Å². The van der Waals surface area contributed by atoms with E-state index < -0.39 is 0 Å². The van der Waals surface area contributed by atoms with Gasteiger partial charge in [0.15, 0.2) is 0 Å². The Kier molecular flexibility index (Phi) is 10.9. The van der Waals surface area contributed by atoms with Gasteiger partial charge in [-0.2, -0.15) is 0 Å². The molecule has 1 N–H and O–H groups in total. The van der Waals surface area contributed by atoms with Gasteiger partial charge in [0.1, 0.15) is 0 Å². The topological polar surface area (TPSA) is 15.3 Å². The van der Waals surface area contributed by atoms with Crippen molar-refractivity contribution >= 4 is 0 Å². The molecule has 2 atom stereocenters. The van der Waals surface area contributed by atoms with Crippen molar-refractivity contribution in [3.05, 3.63) is 35.4 Å². The lowest BCUT2D eigenvalue weighted by Gasteiger charge is -2.44. The first-order valence-electron chi connectivity index (χ1n) is 12.2. The van der Waals surface area contributed by atoms with Gasteiger partial charge in [-0.25, -0.2) is 0 Å². The highest BCUT2D eigenvalue weighted by atomic mass is 15.1. The predicted molar refractivity (Wildman–Crippen MR) is 131 cm³/mol. The van der Waals surface area contributed by atoms with E-state index in [0.29, 0.717) is 17.4 Å². The smallest absolute Gasteiger partial charge is 0.0163 e. The van der Waals surface area contributed by atoms with Crippen molar-refractivity contribution < 1.29 is 0 Å². The van der Waals surface area contributed by atoms with Crippen molar-refractivity contribution in [3.63, 3.8) is 0 Å². The van der Waals surface area contributed by atoms with Crippen LogP contribution in [0.2, 0.25) is 0 Å². The lowest BCUT2D eigenvalue weighted by molar-refractivity contribution is 0.124. The molecule has 2 heteroatoms. The highest BCUT2D eigenvalue weighted by Gasteiger charge is 2.37. The van der Waals surface area contributed by atoms with E-state index in [2.05, 4.69) is 83.1 Å². The van der Waals surface area contributed by atoms with Crippen LogP contribution in [0.4, 0.5) is 0 Å². The number of rotatable bonds is 8. The zero-order valence-electron chi connectivity index (χ0n) is 21.1. The molecule has 1 aromatic carbocycles. The van der Waals surface area contributed by atoms with Crippen molar-refractivity contribution in [2.24, 2.45) is 5.41 Å². The number of likely N-dealkylation sites (N-methyl/N-ethyl adjacent to an activating group) is 2. The van der Waals surface area contributed by atoms with Gasteiger partial charge in [-0.05, 0) is 55.3 Å². The zero-order chi connectivity index (χ0) is 22.1. The van der Waals surface area contributed by atoms with Gasteiger partial charge in [0.2, 0.25) is 0 Å². The molecule has 2 nitrogen and oxygen atoms in total. The van der Waals surface area contributed by atoms with Crippen LogP contribution in [0.5, 0.6) is 0 Å². The summed E-state index contributed by atoms with van der Waals surface area (Å²) in [7, 11) is 2.07. The van der Waals surface area contributed by atoms with Gasteiger partial charge in [-0.3, -0.25) is 0 Å². The van der Waals surface area contributed by atoms with E-state index >= 15 is 0 Å². The molecule has 0 bridgehead atoms. The first-order valence-corrected chi connectivity index (χ1v) is 12.2. The van der Waals surface area contributed by atoms with Crippen LogP contribution in [0.25, 0.3) is 0 Å². The summed E-state index contributed by atoms with van der Waals surface area (Å²) in [5, 5.41) is 3.42. The van der Waals surface area contributed by atoms with E-state index in [1.165, 1.54) is 44.2 Å². The molecule has 1 aromatic rings. The van der Waals surface area contributed by atoms with Crippen molar-refractivity contribution in [1.82, 2.24) is 10.2 Å². The molecule has 0 spiro atoms. The molecule has 2 unspecified atom stereocenters. The molecule has 168 valence electrons. The van der Waals surface area contributed by atoms with Crippen molar-refractivity contribution in [2.45, 2.75) is 105 Å². The molecule has 1 aliphatic rings. The Hall–Kier alpha value is -0.860. The maximum atomic E-state index is 3.42. The average molecular weight is 403 g/mol. The minimum Gasteiger partial charge on any atom is -0.316 e. The molecule has 0 amide bonds. The van der Waals surface area contributed by atoms with Gasteiger partial charge in [0, 0.05) is 25.0 Å². The van der Waals surface area contributed by atoms with Crippen LogP contribution in [-0.4, -0.2) is 37.6 Å². The molecule has 1 fully saturated rings. The Morgan fingerprint density at radius 1 is 1.07 bits per heavy atom. The Bertz CT molecular complexity index is 566. The molecule has 0 saturated heterocycles. The lowest BCUT2D eigenvalue weighted by Crippen LogP contribution is -2.43. The van der Waals surface area contributed by atoms with E-state index in [1.807, 2.05) is 13.8 Å². The van der Waals surface area contributed by atoms with Crippen molar-refractivity contribution in [2.75, 3.05) is 26.7 Å². The van der Waals surface area contributed by atoms with Crippen LogP contribution in [0.15, 0.2) is 24.3 Å². The first-order chi connectivity index (χ1) is 13.7. The SMILES string of the molecule is CC.CCN(CC(C)NC)CC(c1cccc(C(C)(C)C)c1)C1(C)CCCCC1. The highest BCUT2D eigenvalue weighted by Crippen LogP contribution is 2.47. The van der Waals surface area contributed by atoms with Gasteiger partial charge in [0.25, 0.3) is 0 Å². The number of hydrogen-bond acceptors (Lipinski definition) is 2. The van der Waals surface area contributed by atoms with Crippen LogP contribution < -0.4 is 5.32 Å². The standard InChI is InChI=1S/C25H44N2.C2H6/c1-8-27(18-20(2)26-7)19-23(25(6)15-10-9-11-16-25)21-13-12-14-22(17-21)24(3,4)5;1-2/h12-14,17,20,23,26H,8-11,15-16,18-19H2,1-7H3;1-2H3. The van der Waals surface area contributed by atoms with Gasteiger partial charge in [-0.15, -0.1) is 0 Å². The quantitative estimate of drug-likeness (QED) is 0.504. The van der Waals surface area contributed by atoms with Crippen LogP contribution in [0, 0.1) is 5.41 Å². The number of nitrogens with zero attached hydrogens (tertiary/aromatic N) is 1. The molecule has 1 aliphatic carbocycles. The van der Waals surface area contributed by atoms with Gasteiger partial charge < -0.3 is 10.2 Å². The molecule has 0 heterocycles. The second-order valence-electron chi connectivity index (χ2n) is 10.2. The lowest BCUT2D eigenvalue weighted by atomic mass is 9.64. The number of hydrogen-bond donors (Lipinski definition) is 1. The highest BCUT2D eigenvalue weighted by molar-refractivity contribution is 5.32. The molecule has 0 aromatic heterocycles. The Balaban J connectivity index is 0.00000204.